The monoisotopic (exact) mass is 357 g/mol. The van der Waals surface area contributed by atoms with Crippen molar-refractivity contribution in [3.8, 4) is 16.9 Å². The Balaban J connectivity index is 2.19. The van der Waals surface area contributed by atoms with Crippen LogP contribution in [0.15, 0.2) is 42.7 Å². The number of hydrogen-bond donors (Lipinski definition) is 2. The number of carbonyl (C=O) groups excluding carboxylic acids is 2. The molecule has 0 spiro atoms. The molecule has 2 rings (SSSR count). The van der Waals surface area contributed by atoms with Crippen molar-refractivity contribution in [3.63, 3.8) is 0 Å². The first-order chi connectivity index (χ1) is 12.2. The zero-order valence-corrected chi connectivity index (χ0v) is 15.1. The van der Waals surface area contributed by atoms with E-state index in [4.69, 9.17) is 15.2 Å². The Kier molecular flexibility index (Phi) is 6.16. The van der Waals surface area contributed by atoms with Gasteiger partial charge in [0.05, 0.1) is 0 Å². The van der Waals surface area contributed by atoms with Crippen molar-refractivity contribution in [2.45, 2.75) is 32.9 Å². The minimum atomic E-state index is -0.557. The molecule has 2 amide bonds. The fourth-order valence-corrected chi connectivity index (χ4v) is 2.21. The summed E-state index contributed by atoms with van der Waals surface area (Å²) in [6.07, 6.45) is 2.84. The van der Waals surface area contributed by atoms with Crippen LogP contribution in [-0.2, 0) is 16.1 Å². The lowest BCUT2D eigenvalue weighted by Crippen LogP contribution is -2.32. The molecule has 138 valence electrons. The van der Waals surface area contributed by atoms with Gasteiger partial charge < -0.3 is 20.5 Å². The fourth-order valence-electron chi connectivity index (χ4n) is 2.21. The maximum atomic E-state index is 11.8. The van der Waals surface area contributed by atoms with Crippen LogP contribution in [0.25, 0.3) is 11.1 Å². The van der Waals surface area contributed by atoms with Gasteiger partial charge in [0, 0.05) is 24.5 Å². The molecule has 1 aromatic heterocycles. The van der Waals surface area contributed by atoms with Crippen LogP contribution in [0, 0.1) is 0 Å². The van der Waals surface area contributed by atoms with E-state index < -0.39 is 17.6 Å². The summed E-state index contributed by atoms with van der Waals surface area (Å²) in [4.78, 5) is 26.8. The molecule has 0 saturated heterocycles. The van der Waals surface area contributed by atoms with Crippen molar-refractivity contribution in [1.29, 1.82) is 0 Å². The summed E-state index contributed by atoms with van der Waals surface area (Å²) < 4.78 is 10.7. The number of pyridine rings is 1. The summed E-state index contributed by atoms with van der Waals surface area (Å²) in [5.41, 5.74) is 7.10. The highest BCUT2D eigenvalue weighted by molar-refractivity contribution is 5.76. The summed E-state index contributed by atoms with van der Waals surface area (Å²) >= 11 is 0. The molecular weight excluding hydrogens is 334 g/mol. The first-order valence-corrected chi connectivity index (χ1v) is 8.16. The van der Waals surface area contributed by atoms with Gasteiger partial charge in [0.1, 0.15) is 11.4 Å². The van der Waals surface area contributed by atoms with Crippen LogP contribution in [0.1, 0.15) is 26.3 Å². The van der Waals surface area contributed by atoms with E-state index in [1.807, 2.05) is 18.2 Å². The number of benzene rings is 1. The van der Waals surface area contributed by atoms with Crippen LogP contribution in [0.4, 0.5) is 4.79 Å². The lowest BCUT2D eigenvalue weighted by molar-refractivity contribution is -0.119. The maximum Gasteiger partial charge on any atom is 0.407 e. The molecule has 2 aromatic rings. The van der Waals surface area contributed by atoms with E-state index in [-0.39, 0.29) is 6.61 Å². The third-order valence-corrected chi connectivity index (χ3v) is 3.24. The van der Waals surface area contributed by atoms with Crippen LogP contribution in [0.3, 0.4) is 0 Å². The fraction of sp³-hybridized carbons (Fsp3) is 0.316. The predicted molar refractivity (Wildman–Crippen MR) is 97.4 cm³/mol. The molecule has 0 aliphatic heterocycles. The van der Waals surface area contributed by atoms with Gasteiger partial charge in [0.15, 0.2) is 6.61 Å². The van der Waals surface area contributed by atoms with Crippen molar-refractivity contribution < 1.29 is 19.1 Å². The number of ether oxygens (including phenoxy) is 2. The van der Waals surface area contributed by atoms with E-state index in [1.54, 1.807) is 45.3 Å². The van der Waals surface area contributed by atoms with Crippen LogP contribution < -0.4 is 15.8 Å². The first kappa shape index (κ1) is 19.2. The number of nitrogens with one attached hydrogen (secondary N) is 1. The SMILES string of the molecule is CC(C)(C)OC(=O)NCc1ccc(OCC(N)=O)c(-c2ccncc2)c1. The molecule has 1 heterocycles. The molecule has 0 unspecified atom stereocenters. The molecule has 0 bridgehead atoms. The Morgan fingerprint density at radius 1 is 1.15 bits per heavy atom. The Morgan fingerprint density at radius 2 is 1.85 bits per heavy atom. The normalized spacial score (nSPS) is 10.9. The van der Waals surface area contributed by atoms with E-state index in [0.29, 0.717) is 12.3 Å². The molecule has 0 aliphatic rings. The second-order valence-electron chi connectivity index (χ2n) is 6.68. The van der Waals surface area contributed by atoms with Crippen LogP contribution >= 0.6 is 0 Å². The first-order valence-electron chi connectivity index (χ1n) is 8.16. The van der Waals surface area contributed by atoms with Gasteiger partial charge in [-0.1, -0.05) is 6.07 Å². The third kappa shape index (κ3) is 6.08. The predicted octanol–water partition coefficient (Wildman–Crippen LogP) is 2.64. The van der Waals surface area contributed by atoms with Gasteiger partial charge in [-0.15, -0.1) is 0 Å². The number of amides is 2. The van der Waals surface area contributed by atoms with Gasteiger partial charge in [-0.2, -0.15) is 0 Å². The zero-order valence-electron chi connectivity index (χ0n) is 15.1. The molecule has 1 aromatic carbocycles. The number of carbonyl (C=O) groups is 2. The quantitative estimate of drug-likeness (QED) is 0.827. The molecule has 3 N–H and O–H groups in total. The summed E-state index contributed by atoms with van der Waals surface area (Å²) in [5.74, 6) is -0.0302. The lowest BCUT2D eigenvalue weighted by Gasteiger charge is -2.20. The standard InChI is InChI=1S/C19H23N3O4/c1-19(2,3)26-18(24)22-11-13-4-5-16(25-12-17(20)23)15(10-13)14-6-8-21-9-7-14/h4-10H,11-12H2,1-3H3,(H2,20,23)(H,22,24). The maximum absolute atomic E-state index is 11.8. The van der Waals surface area contributed by atoms with E-state index in [0.717, 1.165) is 16.7 Å². The number of alkyl carbamates (subject to hydrolysis) is 1. The van der Waals surface area contributed by atoms with E-state index in [2.05, 4.69) is 10.3 Å². The highest BCUT2D eigenvalue weighted by Crippen LogP contribution is 2.30. The number of nitrogens with zero attached hydrogens (tertiary/aromatic N) is 1. The number of hydrogen-bond acceptors (Lipinski definition) is 5. The van der Waals surface area contributed by atoms with E-state index in [1.165, 1.54) is 0 Å². The average Bonchev–Trinajstić information content (AvgIpc) is 2.57. The second-order valence-corrected chi connectivity index (χ2v) is 6.68. The summed E-state index contributed by atoms with van der Waals surface area (Å²) in [6, 6.07) is 9.08. The minimum absolute atomic E-state index is 0.215. The Hall–Kier alpha value is -3.09. The number of rotatable bonds is 6. The Morgan fingerprint density at radius 3 is 2.46 bits per heavy atom. The van der Waals surface area contributed by atoms with Crippen LogP contribution in [0.2, 0.25) is 0 Å². The smallest absolute Gasteiger partial charge is 0.407 e. The molecule has 7 heteroatoms. The number of aromatic nitrogens is 1. The molecule has 26 heavy (non-hydrogen) atoms. The molecule has 0 radical (unpaired) electrons. The lowest BCUT2D eigenvalue weighted by atomic mass is 10.0. The highest BCUT2D eigenvalue weighted by atomic mass is 16.6. The van der Waals surface area contributed by atoms with Gasteiger partial charge in [-0.25, -0.2) is 4.79 Å². The largest absolute Gasteiger partial charge is 0.483 e. The number of nitrogens with two attached hydrogens (primary N) is 1. The van der Waals surface area contributed by atoms with Crippen molar-refractivity contribution in [2.24, 2.45) is 5.73 Å². The molecule has 0 fully saturated rings. The molecule has 7 nitrogen and oxygen atoms in total. The van der Waals surface area contributed by atoms with Crippen molar-refractivity contribution in [3.05, 3.63) is 48.3 Å². The van der Waals surface area contributed by atoms with Crippen molar-refractivity contribution in [2.75, 3.05) is 6.61 Å². The molecule has 0 aliphatic carbocycles. The van der Waals surface area contributed by atoms with Gasteiger partial charge in [-0.3, -0.25) is 9.78 Å². The number of primary amides is 1. The summed E-state index contributed by atoms with van der Waals surface area (Å²) in [5, 5.41) is 2.72. The minimum Gasteiger partial charge on any atom is -0.483 e. The van der Waals surface area contributed by atoms with Crippen molar-refractivity contribution >= 4 is 12.0 Å². The summed E-state index contributed by atoms with van der Waals surface area (Å²) in [7, 11) is 0. The molecule has 0 saturated carbocycles. The molecule has 0 atom stereocenters. The Labute approximate surface area is 152 Å². The topological polar surface area (TPSA) is 104 Å². The van der Waals surface area contributed by atoms with Gasteiger partial charge in [0.2, 0.25) is 0 Å². The van der Waals surface area contributed by atoms with E-state index in [9.17, 15) is 9.59 Å². The second kappa shape index (κ2) is 8.33. The van der Waals surface area contributed by atoms with E-state index >= 15 is 0 Å². The third-order valence-electron chi connectivity index (χ3n) is 3.24. The average molecular weight is 357 g/mol. The molecular formula is C19H23N3O4. The summed E-state index contributed by atoms with van der Waals surface area (Å²) in [6.45, 7) is 5.49. The van der Waals surface area contributed by atoms with Gasteiger partial charge in [-0.05, 0) is 56.2 Å². The highest BCUT2D eigenvalue weighted by Gasteiger charge is 2.16. The van der Waals surface area contributed by atoms with Gasteiger partial charge in [0.25, 0.3) is 5.91 Å². The zero-order chi connectivity index (χ0) is 19.2. The van der Waals surface area contributed by atoms with Crippen LogP contribution in [-0.4, -0.2) is 29.2 Å². The Bertz CT molecular complexity index is 770. The van der Waals surface area contributed by atoms with Crippen molar-refractivity contribution in [1.82, 2.24) is 10.3 Å². The van der Waals surface area contributed by atoms with Gasteiger partial charge >= 0.3 is 6.09 Å². The van der Waals surface area contributed by atoms with Crippen LogP contribution in [0.5, 0.6) is 5.75 Å².